The van der Waals surface area contributed by atoms with Crippen LogP contribution in [0.15, 0.2) is 18.5 Å². The second-order valence-corrected chi connectivity index (χ2v) is 5.71. The summed E-state index contributed by atoms with van der Waals surface area (Å²) in [5.74, 6) is -1.29. The van der Waals surface area contributed by atoms with E-state index < -0.39 is 12.0 Å². The quantitative estimate of drug-likeness (QED) is 0.832. The van der Waals surface area contributed by atoms with Crippen LogP contribution >= 0.6 is 0 Å². The summed E-state index contributed by atoms with van der Waals surface area (Å²) in [4.78, 5) is 23.1. The van der Waals surface area contributed by atoms with Crippen molar-refractivity contribution < 1.29 is 14.7 Å². The molecule has 2 atom stereocenters. The molecule has 8 heteroatoms. The van der Waals surface area contributed by atoms with Gasteiger partial charge in [0.2, 0.25) is 0 Å². The Hall–Kier alpha value is -2.64. The van der Waals surface area contributed by atoms with E-state index in [2.05, 4.69) is 15.5 Å². The van der Waals surface area contributed by atoms with Crippen LogP contribution in [-0.4, -0.2) is 42.6 Å². The van der Waals surface area contributed by atoms with Gasteiger partial charge in [-0.1, -0.05) is 0 Å². The van der Waals surface area contributed by atoms with Crippen LogP contribution in [0.3, 0.4) is 0 Å². The van der Waals surface area contributed by atoms with E-state index in [1.165, 1.54) is 24.0 Å². The Morgan fingerprint density at radius 3 is 2.61 bits per heavy atom. The van der Waals surface area contributed by atoms with Gasteiger partial charge >= 0.3 is 5.97 Å². The van der Waals surface area contributed by atoms with Gasteiger partial charge in [0.1, 0.15) is 6.04 Å². The second-order valence-electron chi connectivity index (χ2n) is 5.71. The van der Waals surface area contributed by atoms with Crippen molar-refractivity contribution >= 4 is 11.9 Å². The van der Waals surface area contributed by atoms with Gasteiger partial charge in [0.05, 0.1) is 24.0 Å². The van der Waals surface area contributed by atoms with Gasteiger partial charge in [0, 0.05) is 17.9 Å². The van der Waals surface area contributed by atoms with E-state index in [0.717, 1.165) is 11.4 Å². The van der Waals surface area contributed by atoms with Crippen LogP contribution in [0.5, 0.6) is 0 Å². The topological polar surface area (TPSA) is 102 Å². The zero-order chi connectivity index (χ0) is 17.1. The molecule has 0 bridgehead atoms. The number of carboxylic acids is 1. The molecule has 2 aromatic rings. The van der Waals surface area contributed by atoms with Gasteiger partial charge in [0.15, 0.2) is 0 Å². The smallest absolute Gasteiger partial charge is 0.328 e. The first kappa shape index (κ1) is 16.7. The molecule has 2 heterocycles. The number of aryl methyl sites for hydroxylation is 2. The fourth-order valence-electron chi connectivity index (χ4n) is 2.25. The first-order valence-electron chi connectivity index (χ1n) is 7.36. The molecule has 0 saturated carbocycles. The molecular formula is C15H21N5O3. The molecule has 0 aliphatic rings. The molecule has 0 fully saturated rings. The minimum atomic E-state index is -1.00. The van der Waals surface area contributed by atoms with Gasteiger partial charge in [0.25, 0.3) is 5.91 Å². The van der Waals surface area contributed by atoms with Gasteiger partial charge in [-0.15, -0.1) is 0 Å². The molecule has 0 saturated heterocycles. The number of carbonyl (C=O) groups is 2. The second kappa shape index (κ2) is 6.64. The molecule has 0 aliphatic carbocycles. The Kier molecular flexibility index (Phi) is 4.83. The third kappa shape index (κ3) is 3.97. The van der Waals surface area contributed by atoms with E-state index in [1.54, 1.807) is 0 Å². The van der Waals surface area contributed by atoms with E-state index in [4.69, 9.17) is 5.11 Å². The van der Waals surface area contributed by atoms with Crippen molar-refractivity contribution in [2.24, 2.45) is 0 Å². The van der Waals surface area contributed by atoms with Crippen LogP contribution in [0, 0.1) is 13.8 Å². The summed E-state index contributed by atoms with van der Waals surface area (Å²) in [7, 11) is 0. The lowest BCUT2D eigenvalue weighted by Gasteiger charge is -2.14. The van der Waals surface area contributed by atoms with Crippen molar-refractivity contribution in [3.8, 4) is 0 Å². The predicted molar refractivity (Wildman–Crippen MR) is 83.2 cm³/mol. The zero-order valence-electron chi connectivity index (χ0n) is 13.6. The van der Waals surface area contributed by atoms with Crippen LogP contribution < -0.4 is 5.32 Å². The minimum Gasteiger partial charge on any atom is -0.480 e. The Labute approximate surface area is 134 Å². The average Bonchev–Trinajstić information content (AvgIpc) is 3.05. The number of carbonyl (C=O) groups excluding carboxylic acids is 1. The molecular weight excluding hydrogens is 298 g/mol. The van der Waals surface area contributed by atoms with Crippen LogP contribution in [0.25, 0.3) is 0 Å². The van der Waals surface area contributed by atoms with Crippen molar-refractivity contribution in [2.75, 3.05) is 0 Å². The fourth-order valence-corrected chi connectivity index (χ4v) is 2.25. The number of hydrogen-bond acceptors (Lipinski definition) is 4. The zero-order valence-corrected chi connectivity index (χ0v) is 13.6. The van der Waals surface area contributed by atoms with Crippen molar-refractivity contribution in [1.29, 1.82) is 0 Å². The van der Waals surface area contributed by atoms with Crippen LogP contribution in [0.4, 0.5) is 0 Å². The van der Waals surface area contributed by atoms with Gasteiger partial charge in [-0.25, -0.2) is 4.79 Å². The Balaban J connectivity index is 1.98. The number of nitrogens with one attached hydrogen (secondary N) is 1. The molecule has 2 N–H and O–H groups in total. The predicted octanol–water partition coefficient (Wildman–Crippen LogP) is 1.16. The van der Waals surface area contributed by atoms with E-state index in [1.807, 2.05) is 31.5 Å². The lowest BCUT2D eigenvalue weighted by atomic mass is 10.2. The van der Waals surface area contributed by atoms with Gasteiger partial charge in [-0.2, -0.15) is 10.2 Å². The first-order valence-corrected chi connectivity index (χ1v) is 7.36. The number of nitrogens with zero attached hydrogens (tertiary/aromatic N) is 4. The van der Waals surface area contributed by atoms with Gasteiger partial charge in [-0.3, -0.25) is 14.2 Å². The number of hydrogen-bond donors (Lipinski definition) is 2. The maximum atomic E-state index is 12.2. The van der Waals surface area contributed by atoms with Gasteiger partial charge in [-0.05, 0) is 33.8 Å². The SMILES string of the molecule is Cc1cc(C)n(CC(C)NC(=O)c2cnn(C(C)C(=O)O)c2)n1. The summed E-state index contributed by atoms with van der Waals surface area (Å²) in [6, 6.07) is 1.04. The normalized spacial score (nSPS) is 13.6. The van der Waals surface area contributed by atoms with Crippen LogP contribution in [0.1, 0.15) is 41.6 Å². The molecule has 8 nitrogen and oxygen atoms in total. The molecule has 0 aliphatic heterocycles. The molecule has 2 aromatic heterocycles. The number of carboxylic acid groups (broad SMARTS) is 1. The third-order valence-corrected chi connectivity index (χ3v) is 3.55. The molecule has 23 heavy (non-hydrogen) atoms. The monoisotopic (exact) mass is 319 g/mol. The lowest BCUT2D eigenvalue weighted by Crippen LogP contribution is -2.36. The summed E-state index contributed by atoms with van der Waals surface area (Å²) in [5, 5.41) is 20.1. The van der Waals surface area contributed by atoms with Crippen LogP contribution in [-0.2, 0) is 11.3 Å². The lowest BCUT2D eigenvalue weighted by molar-refractivity contribution is -0.140. The molecule has 2 unspecified atom stereocenters. The number of amides is 1. The molecule has 0 aromatic carbocycles. The van der Waals surface area contributed by atoms with Crippen LogP contribution in [0.2, 0.25) is 0 Å². The highest BCUT2D eigenvalue weighted by Crippen LogP contribution is 2.08. The number of aromatic nitrogens is 4. The highest BCUT2D eigenvalue weighted by molar-refractivity contribution is 5.93. The van der Waals surface area contributed by atoms with Gasteiger partial charge < -0.3 is 10.4 Å². The Bertz CT molecular complexity index is 719. The Morgan fingerprint density at radius 2 is 2.04 bits per heavy atom. The summed E-state index contributed by atoms with van der Waals surface area (Å²) >= 11 is 0. The van der Waals surface area contributed by atoms with Crippen molar-refractivity contribution in [3.63, 3.8) is 0 Å². The average molecular weight is 319 g/mol. The summed E-state index contributed by atoms with van der Waals surface area (Å²) in [6.45, 7) is 7.84. The van der Waals surface area contributed by atoms with Crippen molar-refractivity contribution in [3.05, 3.63) is 35.4 Å². The molecule has 0 spiro atoms. The number of rotatable bonds is 6. The summed E-state index contributed by atoms with van der Waals surface area (Å²) in [5.41, 5.74) is 2.30. The molecule has 0 radical (unpaired) electrons. The van der Waals surface area contributed by atoms with E-state index in [0.29, 0.717) is 12.1 Å². The Morgan fingerprint density at radius 1 is 1.35 bits per heavy atom. The molecule has 2 rings (SSSR count). The summed E-state index contributed by atoms with van der Waals surface area (Å²) < 4.78 is 3.10. The van der Waals surface area contributed by atoms with Crippen molar-refractivity contribution in [1.82, 2.24) is 24.9 Å². The maximum Gasteiger partial charge on any atom is 0.328 e. The largest absolute Gasteiger partial charge is 0.480 e. The fraction of sp³-hybridized carbons (Fsp3) is 0.467. The van der Waals surface area contributed by atoms with E-state index >= 15 is 0 Å². The standard InChI is InChI=1S/C15H21N5O3/c1-9-5-11(3)19(18-9)7-10(2)17-14(21)13-6-16-20(8-13)12(4)15(22)23/h5-6,8,10,12H,7H2,1-4H3,(H,17,21)(H,22,23). The minimum absolute atomic E-state index is 0.124. The highest BCUT2D eigenvalue weighted by atomic mass is 16.4. The summed E-state index contributed by atoms with van der Waals surface area (Å²) in [6.07, 6.45) is 2.80. The maximum absolute atomic E-state index is 12.2. The first-order chi connectivity index (χ1) is 10.8. The van der Waals surface area contributed by atoms with Crippen molar-refractivity contribution in [2.45, 2.75) is 46.3 Å². The highest BCUT2D eigenvalue weighted by Gasteiger charge is 2.18. The molecule has 1 amide bonds. The van der Waals surface area contributed by atoms with E-state index in [-0.39, 0.29) is 11.9 Å². The molecule has 124 valence electrons. The van der Waals surface area contributed by atoms with E-state index in [9.17, 15) is 9.59 Å². The third-order valence-electron chi connectivity index (χ3n) is 3.55. The number of aliphatic carboxylic acids is 1.